The van der Waals surface area contributed by atoms with E-state index in [-0.39, 0.29) is 0 Å². The van der Waals surface area contributed by atoms with Crippen molar-refractivity contribution in [3.63, 3.8) is 0 Å². The molecule has 0 bridgehead atoms. The van der Waals surface area contributed by atoms with Crippen LogP contribution >= 0.6 is 0 Å². The topological polar surface area (TPSA) is 52.6 Å². The second kappa shape index (κ2) is 41.3. The molecule has 0 atom stereocenters. The third-order valence-corrected chi connectivity index (χ3v) is 9.16. The number of carbonyl (C=O) groups excluding carboxylic acids is 2. The first-order valence-corrected chi connectivity index (χ1v) is 21.0. The van der Waals surface area contributed by atoms with Crippen molar-refractivity contribution in [2.75, 3.05) is 13.2 Å². The van der Waals surface area contributed by atoms with Crippen molar-refractivity contribution in [1.29, 1.82) is 0 Å². The molecular formula is C44H80O4. The zero-order valence-corrected chi connectivity index (χ0v) is 32.1. The Balaban J connectivity index is 3.37. The first kappa shape index (κ1) is 46.2. The molecule has 0 heterocycles. The molecule has 0 radical (unpaired) electrons. The van der Waals surface area contributed by atoms with Gasteiger partial charge in [0.15, 0.2) is 0 Å². The molecule has 0 aliphatic heterocycles. The molecule has 280 valence electrons. The number of allylic oxidation sites excluding steroid dienone is 4. The summed E-state index contributed by atoms with van der Waals surface area (Å²) < 4.78 is 10.4. The SMILES string of the molecule is CCCCCCCCC=CCCCCCCCCCCOC(=O)/C=C\C(=O)OCCCCCCCCCCC=CCCCCCCCC. The molecule has 0 aliphatic rings. The predicted octanol–water partition coefficient (Wildman–Crippen LogP) is 14.3. The lowest BCUT2D eigenvalue weighted by Gasteiger charge is -2.04. The molecule has 0 aliphatic carbocycles. The van der Waals surface area contributed by atoms with Crippen molar-refractivity contribution in [1.82, 2.24) is 0 Å². The van der Waals surface area contributed by atoms with Gasteiger partial charge in [-0.3, -0.25) is 0 Å². The second-order valence-corrected chi connectivity index (χ2v) is 14.0. The molecule has 0 spiro atoms. The zero-order chi connectivity index (χ0) is 34.9. The molecule has 0 rings (SSSR count). The van der Waals surface area contributed by atoms with Gasteiger partial charge in [0.1, 0.15) is 0 Å². The molecule has 0 saturated carbocycles. The Kier molecular flexibility index (Phi) is 39.7. The molecule has 0 unspecified atom stereocenters. The Morgan fingerprint density at radius 1 is 0.333 bits per heavy atom. The van der Waals surface area contributed by atoms with Crippen molar-refractivity contribution < 1.29 is 19.1 Å². The van der Waals surface area contributed by atoms with Crippen LogP contribution < -0.4 is 0 Å². The summed E-state index contributed by atoms with van der Waals surface area (Å²) in [5.41, 5.74) is 0. The van der Waals surface area contributed by atoms with Gasteiger partial charge in [0.2, 0.25) is 0 Å². The van der Waals surface area contributed by atoms with Crippen LogP contribution in [-0.4, -0.2) is 25.2 Å². The third-order valence-electron chi connectivity index (χ3n) is 9.16. The summed E-state index contributed by atoms with van der Waals surface area (Å²) in [6.07, 6.45) is 52.7. The van der Waals surface area contributed by atoms with E-state index in [2.05, 4.69) is 38.2 Å². The summed E-state index contributed by atoms with van der Waals surface area (Å²) in [6.45, 7) is 5.38. The van der Waals surface area contributed by atoms with Crippen LogP contribution in [0.4, 0.5) is 0 Å². The van der Waals surface area contributed by atoms with E-state index in [0.717, 1.165) is 25.7 Å². The maximum atomic E-state index is 11.9. The van der Waals surface area contributed by atoms with E-state index in [1.165, 1.54) is 192 Å². The van der Waals surface area contributed by atoms with Gasteiger partial charge < -0.3 is 9.47 Å². The highest BCUT2D eigenvalue weighted by Gasteiger charge is 2.02. The largest absolute Gasteiger partial charge is 0.463 e. The summed E-state index contributed by atoms with van der Waals surface area (Å²) in [5, 5.41) is 0. The molecule has 4 nitrogen and oxygen atoms in total. The highest BCUT2D eigenvalue weighted by molar-refractivity contribution is 5.91. The molecular weight excluding hydrogens is 592 g/mol. The maximum Gasteiger partial charge on any atom is 0.331 e. The molecule has 4 heteroatoms. The van der Waals surface area contributed by atoms with E-state index in [1.54, 1.807) is 0 Å². The fourth-order valence-corrected chi connectivity index (χ4v) is 5.98. The van der Waals surface area contributed by atoms with E-state index in [4.69, 9.17) is 9.47 Å². The summed E-state index contributed by atoms with van der Waals surface area (Å²) in [6, 6.07) is 0. The van der Waals surface area contributed by atoms with Gasteiger partial charge in [-0.05, 0) is 64.2 Å². The molecule has 0 aromatic carbocycles. The quantitative estimate of drug-likeness (QED) is 0.0283. The first-order chi connectivity index (χ1) is 23.7. The second-order valence-electron chi connectivity index (χ2n) is 14.0. The Morgan fingerprint density at radius 2 is 0.562 bits per heavy atom. The molecule has 0 fully saturated rings. The number of carbonyl (C=O) groups is 2. The maximum absolute atomic E-state index is 11.9. The standard InChI is InChI=1S/C44H80O4/c1-3-5-7-9-11-13-15-17-19-21-23-25-27-29-31-33-35-37-41-47-43(45)39-40-44(46)48-42-38-36-34-32-30-28-26-24-22-20-18-16-14-12-10-8-6-4-2/h17-20,39-40H,3-16,21-38,41-42H2,1-2H3/b19-17?,20-18?,40-39-. The minimum absolute atomic E-state index is 0.416. The molecule has 0 aromatic heterocycles. The van der Waals surface area contributed by atoms with Crippen LogP contribution in [0.25, 0.3) is 0 Å². The minimum atomic E-state index is -0.461. The number of unbranched alkanes of at least 4 members (excludes halogenated alkanes) is 28. The predicted molar refractivity (Wildman–Crippen MR) is 208 cm³/mol. The van der Waals surface area contributed by atoms with Crippen LogP contribution in [0.15, 0.2) is 36.5 Å². The number of esters is 2. The third kappa shape index (κ3) is 40.3. The van der Waals surface area contributed by atoms with E-state index in [0.29, 0.717) is 13.2 Å². The summed E-state index contributed by atoms with van der Waals surface area (Å²) in [4.78, 5) is 23.7. The lowest BCUT2D eigenvalue weighted by atomic mass is 10.1. The summed E-state index contributed by atoms with van der Waals surface area (Å²) >= 11 is 0. The van der Waals surface area contributed by atoms with Gasteiger partial charge in [0.25, 0.3) is 0 Å². The van der Waals surface area contributed by atoms with Gasteiger partial charge in [-0.1, -0.05) is 179 Å². The fourth-order valence-electron chi connectivity index (χ4n) is 5.98. The van der Waals surface area contributed by atoms with Gasteiger partial charge in [0.05, 0.1) is 13.2 Å². The Morgan fingerprint density at radius 3 is 0.833 bits per heavy atom. The molecule has 48 heavy (non-hydrogen) atoms. The van der Waals surface area contributed by atoms with Gasteiger partial charge in [0, 0.05) is 12.2 Å². The lowest BCUT2D eigenvalue weighted by molar-refractivity contribution is -0.140. The van der Waals surface area contributed by atoms with Gasteiger partial charge in [-0.2, -0.15) is 0 Å². The van der Waals surface area contributed by atoms with Crippen molar-refractivity contribution in [3.05, 3.63) is 36.5 Å². The molecule has 0 saturated heterocycles. The number of rotatable bonds is 38. The van der Waals surface area contributed by atoms with Crippen LogP contribution in [0, 0.1) is 0 Å². The van der Waals surface area contributed by atoms with Crippen LogP contribution in [0.3, 0.4) is 0 Å². The van der Waals surface area contributed by atoms with Crippen molar-refractivity contribution >= 4 is 11.9 Å². The van der Waals surface area contributed by atoms with Crippen LogP contribution in [-0.2, 0) is 19.1 Å². The minimum Gasteiger partial charge on any atom is -0.463 e. The monoisotopic (exact) mass is 673 g/mol. The summed E-state index contributed by atoms with van der Waals surface area (Å²) in [7, 11) is 0. The number of ether oxygens (including phenoxy) is 2. The van der Waals surface area contributed by atoms with E-state index >= 15 is 0 Å². The van der Waals surface area contributed by atoms with E-state index < -0.39 is 11.9 Å². The van der Waals surface area contributed by atoms with Crippen molar-refractivity contribution in [3.8, 4) is 0 Å². The highest BCUT2D eigenvalue weighted by Crippen LogP contribution is 2.13. The van der Waals surface area contributed by atoms with Gasteiger partial charge >= 0.3 is 11.9 Å². The summed E-state index contributed by atoms with van der Waals surface area (Å²) in [5.74, 6) is -0.922. The number of hydrogen-bond acceptors (Lipinski definition) is 4. The van der Waals surface area contributed by atoms with Gasteiger partial charge in [-0.25, -0.2) is 9.59 Å². The Labute approximate surface area is 299 Å². The molecule has 0 N–H and O–H groups in total. The lowest BCUT2D eigenvalue weighted by Crippen LogP contribution is -2.06. The normalized spacial score (nSPS) is 11.8. The molecule has 0 amide bonds. The Bertz CT molecular complexity index is 691. The molecule has 0 aromatic rings. The van der Waals surface area contributed by atoms with E-state index in [9.17, 15) is 9.59 Å². The van der Waals surface area contributed by atoms with Crippen LogP contribution in [0.5, 0.6) is 0 Å². The highest BCUT2D eigenvalue weighted by atomic mass is 16.5. The smallest absolute Gasteiger partial charge is 0.331 e. The van der Waals surface area contributed by atoms with E-state index in [1.807, 2.05) is 0 Å². The fraction of sp³-hybridized carbons (Fsp3) is 0.818. The zero-order valence-electron chi connectivity index (χ0n) is 32.1. The van der Waals surface area contributed by atoms with Crippen LogP contribution in [0.1, 0.15) is 219 Å². The average molecular weight is 673 g/mol. The first-order valence-electron chi connectivity index (χ1n) is 21.0. The van der Waals surface area contributed by atoms with Crippen molar-refractivity contribution in [2.45, 2.75) is 219 Å². The average Bonchev–Trinajstić information content (AvgIpc) is 3.09. The van der Waals surface area contributed by atoms with Crippen molar-refractivity contribution in [2.24, 2.45) is 0 Å². The number of hydrogen-bond donors (Lipinski definition) is 0. The Hall–Kier alpha value is -1.84. The van der Waals surface area contributed by atoms with Gasteiger partial charge in [-0.15, -0.1) is 0 Å². The van der Waals surface area contributed by atoms with Crippen LogP contribution in [0.2, 0.25) is 0 Å².